The number of nitrogens with zero attached hydrogens (tertiary/aromatic N) is 1. The number of carbonyl (C=O) groups excluding carboxylic acids is 1. The molecule has 1 aromatic rings. The number of alkyl carbamates (subject to hydrolysis) is 1. The SMILES string of the molecule is CCc1ccc(NCC2(NC(=O)OC(C)(C)C)CCCC2)nc1. The van der Waals surface area contributed by atoms with Crippen LogP contribution in [0.5, 0.6) is 0 Å². The fraction of sp³-hybridized carbons (Fsp3) is 0.667. The number of aryl methyl sites for hydroxylation is 1. The van der Waals surface area contributed by atoms with Crippen LogP contribution in [0.3, 0.4) is 0 Å². The standard InChI is InChI=1S/C18H29N3O2/c1-5-14-8-9-15(19-12-14)20-13-18(10-6-7-11-18)21-16(22)23-17(2,3)4/h8-9,12H,5-7,10-11,13H2,1-4H3,(H,19,20)(H,21,22). The summed E-state index contributed by atoms with van der Waals surface area (Å²) in [4.78, 5) is 16.6. The van der Waals surface area contributed by atoms with Crippen molar-refractivity contribution in [1.82, 2.24) is 10.3 Å². The molecule has 128 valence electrons. The number of anilines is 1. The largest absolute Gasteiger partial charge is 0.444 e. The van der Waals surface area contributed by atoms with Gasteiger partial charge in [-0.2, -0.15) is 0 Å². The maximum atomic E-state index is 12.1. The van der Waals surface area contributed by atoms with Crippen molar-refractivity contribution < 1.29 is 9.53 Å². The van der Waals surface area contributed by atoms with E-state index in [2.05, 4.69) is 28.6 Å². The van der Waals surface area contributed by atoms with E-state index in [9.17, 15) is 4.79 Å². The van der Waals surface area contributed by atoms with E-state index in [0.29, 0.717) is 6.54 Å². The minimum Gasteiger partial charge on any atom is -0.444 e. The summed E-state index contributed by atoms with van der Waals surface area (Å²) in [6.45, 7) is 8.43. The van der Waals surface area contributed by atoms with Crippen LogP contribution in [0.2, 0.25) is 0 Å². The monoisotopic (exact) mass is 319 g/mol. The first-order valence-corrected chi connectivity index (χ1v) is 8.52. The van der Waals surface area contributed by atoms with E-state index in [1.807, 2.05) is 33.0 Å². The predicted octanol–water partition coefficient (Wildman–Crippen LogP) is 3.89. The zero-order chi connectivity index (χ0) is 16.9. The van der Waals surface area contributed by atoms with E-state index in [4.69, 9.17) is 4.74 Å². The van der Waals surface area contributed by atoms with Crippen molar-refractivity contribution in [3.8, 4) is 0 Å². The molecule has 0 saturated heterocycles. The fourth-order valence-electron chi connectivity index (χ4n) is 2.92. The van der Waals surface area contributed by atoms with Gasteiger partial charge in [0.15, 0.2) is 0 Å². The summed E-state index contributed by atoms with van der Waals surface area (Å²) in [5, 5.41) is 6.46. The van der Waals surface area contributed by atoms with Gasteiger partial charge >= 0.3 is 6.09 Å². The molecule has 23 heavy (non-hydrogen) atoms. The Morgan fingerprint density at radius 2 is 2.00 bits per heavy atom. The van der Waals surface area contributed by atoms with Gasteiger partial charge in [0.2, 0.25) is 0 Å². The Kier molecular flexibility index (Phi) is 5.50. The highest BCUT2D eigenvalue weighted by Gasteiger charge is 2.36. The summed E-state index contributed by atoms with van der Waals surface area (Å²) in [6.07, 6.45) is 6.72. The molecule has 1 saturated carbocycles. The van der Waals surface area contributed by atoms with Crippen molar-refractivity contribution in [2.45, 2.75) is 70.9 Å². The van der Waals surface area contributed by atoms with Gasteiger partial charge in [-0.1, -0.05) is 25.8 Å². The van der Waals surface area contributed by atoms with Gasteiger partial charge in [-0.25, -0.2) is 9.78 Å². The molecule has 5 nitrogen and oxygen atoms in total. The minimum atomic E-state index is -0.477. The second-order valence-corrected chi connectivity index (χ2v) is 7.37. The Bertz CT molecular complexity index is 514. The molecule has 1 fully saturated rings. The van der Waals surface area contributed by atoms with Crippen LogP contribution in [0.1, 0.15) is 58.9 Å². The van der Waals surface area contributed by atoms with Crippen molar-refractivity contribution in [2.75, 3.05) is 11.9 Å². The summed E-state index contributed by atoms with van der Waals surface area (Å²) in [6, 6.07) is 4.08. The van der Waals surface area contributed by atoms with Crippen LogP contribution < -0.4 is 10.6 Å². The minimum absolute atomic E-state index is 0.243. The number of carbonyl (C=O) groups is 1. The maximum Gasteiger partial charge on any atom is 0.408 e. The van der Waals surface area contributed by atoms with E-state index in [-0.39, 0.29) is 11.6 Å². The van der Waals surface area contributed by atoms with Crippen molar-refractivity contribution in [3.05, 3.63) is 23.9 Å². The summed E-state index contributed by atoms with van der Waals surface area (Å²) in [5.41, 5.74) is 0.500. The van der Waals surface area contributed by atoms with Crippen LogP contribution in [-0.4, -0.2) is 28.8 Å². The number of amides is 1. The summed E-state index contributed by atoms with van der Waals surface area (Å²) in [5.74, 6) is 0.847. The second-order valence-electron chi connectivity index (χ2n) is 7.37. The van der Waals surface area contributed by atoms with Crippen molar-refractivity contribution >= 4 is 11.9 Å². The third kappa shape index (κ3) is 5.41. The van der Waals surface area contributed by atoms with E-state index in [0.717, 1.165) is 37.9 Å². The van der Waals surface area contributed by atoms with Gasteiger partial charge in [-0.15, -0.1) is 0 Å². The molecule has 1 aliphatic rings. The molecular formula is C18H29N3O2. The lowest BCUT2D eigenvalue weighted by atomic mass is 9.98. The third-order valence-corrected chi connectivity index (χ3v) is 4.17. The molecule has 5 heteroatoms. The first-order valence-electron chi connectivity index (χ1n) is 8.52. The number of aromatic nitrogens is 1. The van der Waals surface area contributed by atoms with Crippen LogP contribution in [0.4, 0.5) is 10.6 Å². The molecule has 0 aromatic carbocycles. The zero-order valence-corrected chi connectivity index (χ0v) is 14.7. The maximum absolute atomic E-state index is 12.1. The number of hydrogen-bond donors (Lipinski definition) is 2. The molecule has 2 rings (SSSR count). The molecule has 1 amide bonds. The van der Waals surface area contributed by atoms with Crippen LogP contribution in [0, 0.1) is 0 Å². The van der Waals surface area contributed by atoms with Gasteiger partial charge in [0, 0.05) is 12.7 Å². The lowest BCUT2D eigenvalue weighted by Crippen LogP contribution is -2.52. The lowest BCUT2D eigenvalue weighted by molar-refractivity contribution is 0.0463. The van der Waals surface area contributed by atoms with Gasteiger partial charge in [-0.3, -0.25) is 0 Å². The number of pyridine rings is 1. The smallest absolute Gasteiger partial charge is 0.408 e. The van der Waals surface area contributed by atoms with E-state index < -0.39 is 5.60 Å². The molecule has 0 unspecified atom stereocenters. The van der Waals surface area contributed by atoms with E-state index >= 15 is 0 Å². The molecule has 2 N–H and O–H groups in total. The zero-order valence-electron chi connectivity index (χ0n) is 14.7. The topological polar surface area (TPSA) is 63.2 Å². The Labute approximate surface area is 139 Å². The van der Waals surface area contributed by atoms with Crippen LogP contribution >= 0.6 is 0 Å². The van der Waals surface area contributed by atoms with Crippen molar-refractivity contribution in [1.29, 1.82) is 0 Å². The second kappa shape index (κ2) is 7.20. The Balaban J connectivity index is 1.95. The van der Waals surface area contributed by atoms with Gasteiger partial charge in [0.05, 0.1) is 5.54 Å². The highest BCUT2D eigenvalue weighted by molar-refractivity contribution is 5.69. The normalized spacial score (nSPS) is 16.9. The highest BCUT2D eigenvalue weighted by Crippen LogP contribution is 2.30. The Morgan fingerprint density at radius 3 is 2.52 bits per heavy atom. The molecule has 0 radical (unpaired) electrons. The fourth-order valence-corrected chi connectivity index (χ4v) is 2.92. The van der Waals surface area contributed by atoms with Crippen LogP contribution in [0.15, 0.2) is 18.3 Å². The van der Waals surface area contributed by atoms with Gasteiger partial charge in [0.25, 0.3) is 0 Å². The van der Waals surface area contributed by atoms with Crippen molar-refractivity contribution in [3.63, 3.8) is 0 Å². The quantitative estimate of drug-likeness (QED) is 0.864. The number of ether oxygens (including phenoxy) is 1. The lowest BCUT2D eigenvalue weighted by Gasteiger charge is -2.32. The molecule has 0 atom stereocenters. The molecule has 0 aliphatic heterocycles. The number of nitrogens with one attached hydrogen (secondary N) is 2. The summed E-state index contributed by atoms with van der Waals surface area (Å²) < 4.78 is 5.41. The van der Waals surface area contributed by atoms with Gasteiger partial charge < -0.3 is 15.4 Å². The Hall–Kier alpha value is -1.78. The third-order valence-electron chi connectivity index (χ3n) is 4.17. The average molecular weight is 319 g/mol. The summed E-state index contributed by atoms with van der Waals surface area (Å²) in [7, 11) is 0. The first kappa shape index (κ1) is 17.6. The highest BCUT2D eigenvalue weighted by atomic mass is 16.6. The molecule has 1 aromatic heterocycles. The Morgan fingerprint density at radius 1 is 1.30 bits per heavy atom. The number of rotatable bonds is 5. The molecule has 0 bridgehead atoms. The van der Waals surface area contributed by atoms with Crippen LogP contribution in [-0.2, 0) is 11.2 Å². The number of hydrogen-bond acceptors (Lipinski definition) is 4. The predicted molar refractivity (Wildman–Crippen MR) is 92.7 cm³/mol. The van der Waals surface area contributed by atoms with Gasteiger partial charge in [0.1, 0.15) is 11.4 Å². The van der Waals surface area contributed by atoms with Crippen molar-refractivity contribution in [2.24, 2.45) is 0 Å². The van der Waals surface area contributed by atoms with E-state index in [1.54, 1.807) is 0 Å². The molecule has 1 heterocycles. The average Bonchev–Trinajstić information content (AvgIpc) is 2.92. The molecule has 1 aliphatic carbocycles. The van der Waals surface area contributed by atoms with Crippen LogP contribution in [0.25, 0.3) is 0 Å². The summed E-state index contributed by atoms with van der Waals surface area (Å²) >= 11 is 0. The van der Waals surface area contributed by atoms with E-state index in [1.165, 1.54) is 5.56 Å². The molecule has 0 spiro atoms. The molecular weight excluding hydrogens is 290 g/mol. The first-order chi connectivity index (χ1) is 10.8. The van der Waals surface area contributed by atoms with Gasteiger partial charge in [-0.05, 0) is 51.7 Å².